The molecule has 0 spiro atoms. The molecule has 18 heavy (non-hydrogen) atoms. The van der Waals surface area contributed by atoms with Crippen LogP contribution < -0.4 is 4.74 Å². The van der Waals surface area contributed by atoms with Crippen molar-refractivity contribution >= 4 is 22.5 Å². The van der Waals surface area contributed by atoms with Crippen LogP contribution in [0.25, 0.3) is 10.9 Å². The maximum Gasteiger partial charge on any atom is 0.120 e. The van der Waals surface area contributed by atoms with E-state index in [0.29, 0.717) is 13.2 Å². The van der Waals surface area contributed by atoms with Gasteiger partial charge in [0.25, 0.3) is 0 Å². The second kappa shape index (κ2) is 4.75. The maximum atomic E-state index is 6.46. The van der Waals surface area contributed by atoms with Gasteiger partial charge in [0.05, 0.1) is 36.1 Å². The quantitative estimate of drug-likeness (QED) is 0.833. The van der Waals surface area contributed by atoms with Crippen LogP contribution in [0.1, 0.15) is 18.2 Å². The van der Waals surface area contributed by atoms with Crippen molar-refractivity contribution in [1.29, 1.82) is 0 Å². The van der Waals surface area contributed by atoms with Gasteiger partial charge in [-0.25, -0.2) is 0 Å². The molecule has 3 nitrogen and oxygen atoms in total. The van der Waals surface area contributed by atoms with E-state index in [2.05, 4.69) is 4.98 Å². The van der Waals surface area contributed by atoms with Gasteiger partial charge in [0.1, 0.15) is 5.75 Å². The number of rotatable bonds is 2. The lowest BCUT2D eigenvalue weighted by Gasteiger charge is -2.18. The highest BCUT2D eigenvalue weighted by Crippen LogP contribution is 2.33. The van der Waals surface area contributed by atoms with E-state index in [1.165, 1.54) is 0 Å². The van der Waals surface area contributed by atoms with Crippen molar-refractivity contribution in [2.75, 3.05) is 13.2 Å². The van der Waals surface area contributed by atoms with Crippen LogP contribution in [0.3, 0.4) is 0 Å². The zero-order valence-electron chi connectivity index (χ0n) is 10.2. The lowest BCUT2D eigenvalue weighted by molar-refractivity contribution is 0.109. The third kappa shape index (κ3) is 1.93. The Morgan fingerprint density at radius 2 is 2.33 bits per heavy atom. The molecule has 4 heteroatoms. The van der Waals surface area contributed by atoms with Crippen LogP contribution in [-0.2, 0) is 17.8 Å². The van der Waals surface area contributed by atoms with Crippen molar-refractivity contribution in [2.24, 2.45) is 0 Å². The zero-order valence-corrected chi connectivity index (χ0v) is 11.0. The Balaban J connectivity index is 2.19. The molecule has 0 radical (unpaired) electrons. The van der Waals surface area contributed by atoms with E-state index in [-0.39, 0.29) is 0 Å². The number of pyridine rings is 1. The largest absolute Gasteiger partial charge is 0.494 e. The minimum Gasteiger partial charge on any atom is -0.494 e. The number of benzene rings is 1. The molecule has 0 atom stereocenters. The predicted octanol–water partition coefficient (Wildman–Crippen LogP) is 3.36. The topological polar surface area (TPSA) is 31.4 Å². The van der Waals surface area contributed by atoms with Crippen molar-refractivity contribution in [1.82, 2.24) is 4.98 Å². The Bertz CT molecular complexity index is 598. The third-order valence-corrected chi connectivity index (χ3v) is 3.55. The summed E-state index contributed by atoms with van der Waals surface area (Å²) in [6.07, 6.45) is 0.832. The first-order valence-electron chi connectivity index (χ1n) is 6.11. The fourth-order valence-corrected chi connectivity index (χ4v) is 2.56. The minimum absolute atomic E-state index is 0.552. The van der Waals surface area contributed by atoms with E-state index in [1.54, 1.807) is 0 Å². The van der Waals surface area contributed by atoms with Gasteiger partial charge in [-0.1, -0.05) is 11.6 Å². The fraction of sp³-hybridized carbons (Fsp3) is 0.357. The van der Waals surface area contributed by atoms with Gasteiger partial charge >= 0.3 is 0 Å². The molecule has 0 saturated carbocycles. The molecule has 2 heterocycles. The summed E-state index contributed by atoms with van der Waals surface area (Å²) < 4.78 is 10.9. The van der Waals surface area contributed by atoms with E-state index in [0.717, 1.165) is 46.0 Å². The minimum atomic E-state index is 0.552. The van der Waals surface area contributed by atoms with Crippen LogP contribution in [0.15, 0.2) is 18.2 Å². The zero-order chi connectivity index (χ0) is 12.5. The van der Waals surface area contributed by atoms with Gasteiger partial charge in [-0.2, -0.15) is 0 Å². The van der Waals surface area contributed by atoms with Gasteiger partial charge in [0.15, 0.2) is 0 Å². The normalized spacial score (nSPS) is 14.6. The lowest BCUT2D eigenvalue weighted by atomic mass is 10.1. The Hall–Kier alpha value is -1.32. The molecular weight excluding hydrogens is 250 g/mol. The van der Waals surface area contributed by atoms with Crippen LogP contribution in [0, 0.1) is 0 Å². The van der Waals surface area contributed by atoms with Gasteiger partial charge in [0.2, 0.25) is 0 Å². The molecule has 0 unspecified atom stereocenters. The van der Waals surface area contributed by atoms with Gasteiger partial charge in [0, 0.05) is 17.4 Å². The van der Waals surface area contributed by atoms with Crippen molar-refractivity contribution in [3.63, 3.8) is 0 Å². The van der Waals surface area contributed by atoms with E-state index in [4.69, 9.17) is 21.1 Å². The molecule has 1 aliphatic heterocycles. The highest BCUT2D eigenvalue weighted by atomic mass is 35.5. The molecule has 1 aromatic heterocycles. The molecule has 0 N–H and O–H groups in total. The molecule has 0 saturated heterocycles. The van der Waals surface area contributed by atoms with Crippen molar-refractivity contribution < 1.29 is 9.47 Å². The van der Waals surface area contributed by atoms with Gasteiger partial charge in [-0.15, -0.1) is 0 Å². The summed E-state index contributed by atoms with van der Waals surface area (Å²) in [5, 5.41) is 1.68. The number of halogens is 1. The highest BCUT2D eigenvalue weighted by molar-refractivity contribution is 6.36. The summed E-state index contributed by atoms with van der Waals surface area (Å²) in [5.74, 6) is 0.824. The van der Waals surface area contributed by atoms with E-state index in [1.807, 2.05) is 25.1 Å². The summed E-state index contributed by atoms with van der Waals surface area (Å²) in [6, 6.07) is 5.84. The van der Waals surface area contributed by atoms with Gasteiger partial charge in [-0.05, 0) is 25.1 Å². The standard InChI is InChI=1S/C14H14ClNO2/c1-2-18-9-3-4-12-10(7-9)14(15)11-8-17-6-5-13(11)16-12/h3-4,7H,2,5-6,8H2,1H3. The third-order valence-electron chi connectivity index (χ3n) is 3.11. The molecule has 2 aromatic rings. The van der Waals surface area contributed by atoms with Crippen LogP contribution in [-0.4, -0.2) is 18.2 Å². The molecule has 1 aromatic carbocycles. The van der Waals surface area contributed by atoms with Crippen LogP contribution in [0.5, 0.6) is 5.75 Å². The highest BCUT2D eigenvalue weighted by Gasteiger charge is 2.17. The first-order valence-corrected chi connectivity index (χ1v) is 6.49. The molecule has 0 amide bonds. The maximum absolute atomic E-state index is 6.46. The van der Waals surface area contributed by atoms with Crippen LogP contribution >= 0.6 is 11.6 Å². The average molecular weight is 264 g/mol. The Labute approximate surface area is 111 Å². The molecule has 94 valence electrons. The summed E-state index contributed by atoms with van der Waals surface area (Å²) >= 11 is 6.46. The predicted molar refractivity (Wildman–Crippen MR) is 71.3 cm³/mol. The van der Waals surface area contributed by atoms with E-state index in [9.17, 15) is 0 Å². The van der Waals surface area contributed by atoms with E-state index < -0.39 is 0 Å². The van der Waals surface area contributed by atoms with Crippen LogP contribution in [0.4, 0.5) is 0 Å². The Morgan fingerprint density at radius 1 is 1.44 bits per heavy atom. The van der Waals surface area contributed by atoms with Crippen LogP contribution in [0.2, 0.25) is 5.02 Å². The molecule has 0 aliphatic carbocycles. The fourth-order valence-electron chi connectivity index (χ4n) is 2.24. The lowest BCUT2D eigenvalue weighted by Crippen LogP contribution is -2.12. The number of ether oxygens (including phenoxy) is 2. The number of hydrogen-bond donors (Lipinski definition) is 0. The first-order chi connectivity index (χ1) is 8.79. The van der Waals surface area contributed by atoms with E-state index >= 15 is 0 Å². The average Bonchev–Trinajstić information content (AvgIpc) is 2.40. The van der Waals surface area contributed by atoms with Crippen molar-refractivity contribution in [3.8, 4) is 5.75 Å². The Morgan fingerprint density at radius 3 is 3.17 bits per heavy atom. The van der Waals surface area contributed by atoms with Gasteiger partial charge in [-0.3, -0.25) is 4.98 Å². The molecule has 0 fully saturated rings. The smallest absolute Gasteiger partial charge is 0.120 e. The second-order valence-corrected chi connectivity index (χ2v) is 4.64. The first kappa shape index (κ1) is 11.8. The molecular formula is C14H14ClNO2. The SMILES string of the molecule is CCOc1ccc2nc3c(c(Cl)c2c1)COCC3. The number of aromatic nitrogens is 1. The molecule has 3 rings (SSSR count). The number of hydrogen-bond acceptors (Lipinski definition) is 3. The summed E-state index contributed by atoms with van der Waals surface area (Å²) in [5.41, 5.74) is 3.00. The molecule has 0 bridgehead atoms. The Kier molecular flexibility index (Phi) is 3.10. The van der Waals surface area contributed by atoms with Crippen molar-refractivity contribution in [3.05, 3.63) is 34.5 Å². The second-order valence-electron chi connectivity index (χ2n) is 4.27. The summed E-state index contributed by atoms with van der Waals surface area (Å²) in [6.45, 7) is 3.88. The van der Waals surface area contributed by atoms with Gasteiger partial charge < -0.3 is 9.47 Å². The number of nitrogens with zero attached hydrogens (tertiary/aromatic N) is 1. The monoisotopic (exact) mass is 263 g/mol. The van der Waals surface area contributed by atoms with Crippen molar-refractivity contribution in [2.45, 2.75) is 20.0 Å². The number of fused-ring (bicyclic) bond motifs is 2. The summed E-state index contributed by atoms with van der Waals surface area (Å²) in [4.78, 5) is 4.66. The summed E-state index contributed by atoms with van der Waals surface area (Å²) in [7, 11) is 0. The molecule has 1 aliphatic rings.